The molecule has 0 fully saturated rings. The normalized spacial score (nSPS) is 10.1. The van der Waals surface area contributed by atoms with Crippen LogP contribution < -0.4 is 5.32 Å². The Balaban J connectivity index is 2.08. The fourth-order valence-corrected chi connectivity index (χ4v) is 1.94. The number of benzene rings is 2. The predicted molar refractivity (Wildman–Crippen MR) is 78.3 cm³/mol. The molecule has 0 atom stereocenters. The van der Waals surface area contributed by atoms with Crippen LogP contribution in [0.5, 0.6) is 5.75 Å². The van der Waals surface area contributed by atoms with E-state index in [0.717, 1.165) is 17.2 Å². The summed E-state index contributed by atoms with van der Waals surface area (Å²) in [6, 6.07) is 11.1. The molecule has 0 saturated heterocycles. The van der Waals surface area contributed by atoms with Crippen molar-refractivity contribution in [1.29, 1.82) is 0 Å². The molecule has 6 heteroatoms. The number of nitrogens with zero attached hydrogens (tertiary/aromatic N) is 1. The molecule has 1 amide bonds. The Labute approximate surface area is 121 Å². The highest BCUT2D eigenvalue weighted by molar-refractivity contribution is 5.93. The van der Waals surface area contributed by atoms with E-state index in [1.54, 1.807) is 0 Å². The van der Waals surface area contributed by atoms with Crippen molar-refractivity contribution in [3.05, 3.63) is 63.7 Å². The second kappa shape index (κ2) is 6.04. The van der Waals surface area contributed by atoms with Crippen LogP contribution in [-0.2, 0) is 11.2 Å². The van der Waals surface area contributed by atoms with Crippen LogP contribution in [0.3, 0.4) is 0 Å². The maximum Gasteiger partial charge on any atom is 0.273 e. The van der Waals surface area contributed by atoms with E-state index in [9.17, 15) is 20.0 Å². The first-order valence-corrected chi connectivity index (χ1v) is 6.28. The van der Waals surface area contributed by atoms with Crippen molar-refractivity contribution >= 4 is 17.3 Å². The van der Waals surface area contributed by atoms with Crippen molar-refractivity contribution in [2.24, 2.45) is 0 Å². The molecule has 108 valence electrons. The van der Waals surface area contributed by atoms with Gasteiger partial charge in [0.15, 0.2) is 0 Å². The topological polar surface area (TPSA) is 92.5 Å². The number of hydrogen-bond acceptors (Lipinski definition) is 4. The molecule has 2 aromatic carbocycles. The molecule has 2 rings (SSSR count). The van der Waals surface area contributed by atoms with Gasteiger partial charge in [-0.15, -0.1) is 0 Å². The van der Waals surface area contributed by atoms with Gasteiger partial charge in [0.25, 0.3) is 5.69 Å². The zero-order valence-electron chi connectivity index (χ0n) is 11.4. The number of anilines is 1. The third-order valence-electron chi connectivity index (χ3n) is 2.91. The monoisotopic (exact) mass is 286 g/mol. The Bertz CT molecular complexity index is 698. The molecule has 0 spiro atoms. The molecule has 0 aromatic heterocycles. The van der Waals surface area contributed by atoms with Gasteiger partial charge in [-0.2, -0.15) is 0 Å². The van der Waals surface area contributed by atoms with Crippen LogP contribution in [0, 0.1) is 17.0 Å². The summed E-state index contributed by atoms with van der Waals surface area (Å²) >= 11 is 0. The summed E-state index contributed by atoms with van der Waals surface area (Å²) in [4.78, 5) is 21.9. The number of amides is 1. The largest absolute Gasteiger partial charge is 0.506 e. The maximum atomic E-state index is 11.9. The SMILES string of the molecule is Cc1cccc(CC(=O)Nc2ccc([N+](=O)[O-])cc2O)c1. The molecular weight excluding hydrogens is 272 g/mol. The fourth-order valence-electron chi connectivity index (χ4n) is 1.94. The second-order valence-electron chi connectivity index (χ2n) is 4.67. The van der Waals surface area contributed by atoms with Gasteiger partial charge in [-0.1, -0.05) is 29.8 Å². The average molecular weight is 286 g/mol. The lowest BCUT2D eigenvalue weighted by atomic mass is 10.1. The highest BCUT2D eigenvalue weighted by Gasteiger charge is 2.12. The molecule has 0 unspecified atom stereocenters. The number of phenols is 1. The van der Waals surface area contributed by atoms with Gasteiger partial charge in [0.05, 0.1) is 23.1 Å². The van der Waals surface area contributed by atoms with Crippen LogP contribution in [0.2, 0.25) is 0 Å². The molecular formula is C15H14N2O4. The number of phenolic OH excluding ortho intramolecular Hbond substituents is 1. The van der Waals surface area contributed by atoms with E-state index in [-0.39, 0.29) is 29.5 Å². The predicted octanol–water partition coefficient (Wildman–Crippen LogP) is 2.79. The van der Waals surface area contributed by atoms with Gasteiger partial charge < -0.3 is 10.4 Å². The number of non-ortho nitro benzene ring substituents is 1. The number of rotatable bonds is 4. The molecule has 2 aromatic rings. The fraction of sp³-hybridized carbons (Fsp3) is 0.133. The Morgan fingerprint density at radius 2 is 2.05 bits per heavy atom. The molecule has 0 aliphatic rings. The Hall–Kier alpha value is -2.89. The first kappa shape index (κ1) is 14.5. The quantitative estimate of drug-likeness (QED) is 0.513. The van der Waals surface area contributed by atoms with E-state index in [4.69, 9.17) is 0 Å². The number of nitrogens with one attached hydrogen (secondary N) is 1. The van der Waals surface area contributed by atoms with Crippen LogP contribution in [0.15, 0.2) is 42.5 Å². The molecule has 0 bridgehead atoms. The zero-order chi connectivity index (χ0) is 15.4. The number of nitro groups is 1. The lowest BCUT2D eigenvalue weighted by Gasteiger charge is -2.07. The summed E-state index contributed by atoms with van der Waals surface area (Å²) < 4.78 is 0. The molecule has 2 N–H and O–H groups in total. The highest BCUT2D eigenvalue weighted by atomic mass is 16.6. The number of carbonyl (C=O) groups is 1. The standard InChI is InChI=1S/C15H14N2O4/c1-10-3-2-4-11(7-10)8-15(19)16-13-6-5-12(17(20)21)9-14(13)18/h2-7,9,18H,8H2,1H3,(H,16,19). The van der Waals surface area contributed by atoms with Gasteiger partial charge >= 0.3 is 0 Å². The molecule has 6 nitrogen and oxygen atoms in total. The third kappa shape index (κ3) is 3.79. The van der Waals surface area contributed by atoms with E-state index < -0.39 is 4.92 Å². The maximum absolute atomic E-state index is 11.9. The van der Waals surface area contributed by atoms with Crippen LogP contribution in [0.1, 0.15) is 11.1 Å². The second-order valence-corrected chi connectivity index (χ2v) is 4.67. The van der Waals surface area contributed by atoms with Gasteiger partial charge in [0.1, 0.15) is 5.75 Å². The van der Waals surface area contributed by atoms with Gasteiger partial charge in [0, 0.05) is 6.07 Å². The van der Waals surface area contributed by atoms with E-state index in [1.165, 1.54) is 12.1 Å². The lowest BCUT2D eigenvalue weighted by molar-refractivity contribution is -0.384. The molecule has 21 heavy (non-hydrogen) atoms. The summed E-state index contributed by atoms with van der Waals surface area (Å²) in [5, 5.41) is 22.8. The van der Waals surface area contributed by atoms with Gasteiger partial charge in [-0.3, -0.25) is 14.9 Å². The number of aromatic hydroxyl groups is 1. The number of aryl methyl sites for hydroxylation is 1. The number of hydrogen-bond donors (Lipinski definition) is 2. The van der Waals surface area contributed by atoms with E-state index in [2.05, 4.69) is 5.32 Å². The lowest BCUT2D eigenvalue weighted by Crippen LogP contribution is -2.14. The first-order chi connectivity index (χ1) is 9.95. The van der Waals surface area contributed by atoms with Crippen molar-refractivity contribution in [2.45, 2.75) is 13.3 Å². The Kier molecular flexibility index (Phi) is 4.18. The summed E-state index contributed by atoms with van der Waals surface area (Å²) in [6.07, 6.45) is 0.165. The summed E-state index contributed by atoms with van der Waals surface area (Å²) in [5.41, 5.74) is 1.83. The zero-order valence-corrected chi connectivity index (χ0v) is 11.4. The number of nitro benzene ring substituents is 1. The average Bonchev–Trinajstić information content (AvgIpc) is 2.40. The molecule has 0 radical (unpaired) electrons. The first-order valence-electron chi connectivity index (χ1n) is 6.28. The van der Waals surface area contributed by atoms with Crippen molar-refractivity contribution in [2.75, 3.05) is 5.32 Å². The van der Waals surface area contributed by atoms with E-state index in [0.29, 0.717) is 0 Å². The highest BCUT2D eigenvalue weighted by Crippen LogP contribution is 2.27. The summed E-state index contributed by atoms with van der Waals surface area (Å²) in [6.45, 7) is 1.93. The molecule has 0 heterocycles. The van der Waals surface area contributed by atoms with Crippen LogP contribution in [-0.4, -0.2) is 15.9 Å². The molecule has 0 aliphatic heterocycles. The minimum absolute atomic E-state index is 0.151. The summed E-state index contributed by atoms with van der Waals surface area (Å²) in [7, 11) is 0. The van der Waals surface area contributed by atoms with Gasteiger partial charge in [-0.25, -0.2) is 0 Å². The van der Waals surface area contributed by atoms with Crippen LogP contribution >= 0.6 is 0 Å². The van der Waals surface area contributed by atoms with Gasteiger partial charge in [0.2, 0.25) is 5.91 Å². The van der Waals surface area contributed by atoms with Crippen molar-refractivity contribution in [3.63, 3.8) is 0 Å². The molecule has 0 saturated carbocycles. The molecule has 0 aliphatic carbocycles. The van der Waals surface area contributed by atoms with Crippen LogP contribution in [0.25, 0.3) is 0 Å². The van der Waals surface area contributed by atoms with Crippen molar-refractivity contribution in [3.8, 4) is 5.75 Å². The minimum atomic E-state index is -0.613. The smallest absolute Gasteiger partial charge is 0.273 e. The van der Waals surface area contributed by atoms with E-state index in [1.807, 2.05) is 31.2 Å². The Morgan fingerprint density at radius 1 is 1.29 bits per heavy atom. The number of carbonyl (C=O) groups excluding carboxylic acids is 1. The Morgan fingerprint density at radius 3 is 2.67 bits per heavy atom. The minimum Gasteiger partial charge on any atom is -0.506 e. The summed E-state index contributed by atoms with van der Waals surface area (Å²) in [5.74, 6) is -0.633. The third-order valence-corrected chi connectivity index (χ3v) is 2.91. The van der Waals surface area contributed by atoms with Gasteiger partial charge in [-0.05, 0) is 18.6 Å². The van der Waals surface area contributed by atoms with Crippen molar-refractivity contribution in [1.82, 2.24) is 0 Å². The van der Waals surface area contributed by atoms with Crippen LogP contribution in [0.4, 0.5) is 11.4 Å². The van der Waals surface area contributed by atoms with Crippen molar-refractivity contribution < 1.29 is 14.8 Å². The van der Waals surface area contributed by atoms with E-state index >= 15 is 0 Å².